The van der Waals surface area contributed by atoms with Crippen LogP contribution in [0.25, 0.3) is 0 Å². The van der Waals surface area contributed by atoms with Gasteiger partial charge in [0.25, 0.3) is 0 Å². The van der Waals surface area contributed by atoms with E-state index in [4.69, 9.17) is 4.74 Å². The van der Waals surface area contributed by atoms with Gasteiger partial charge in [-0.1, -0.05) is 25.0 Å². The Bertz CT molecular complexity index is 718. The number of nitrogens with zero attached hydrogens (tertiary/aromatic N) is 2. The fourth-order valence-corrected chi connectivity index (χ4v) is 3.55. The molecule has 1 aromatic heterocycles. The van der Waals surface area contributed by atoms with Crippen molar-refractivity contribution in [2.75, 3.05) is 7.11 Å². The molecule has 1 heterocycles. The van der Waals surface area contributed by atoms with Gasteiger partial charge in [0.1, 0.15) is 5.82 Å². The van der Waals surface area contributed by atoms with Gasteiger partial charge in [-0.25, -0.2) is 4.39 Å². The molecule has 1 aliphatic rings. The monoisotopic (exact) mass is 331 g/mol. The molecule has 1 saturated carbocycles. The Kier molecular flexibility index (Phi) is 4.55. The Balaban J connectivity index is 1.79. The summed E-state index contributed by atoms with van der Waals surface area (Å²) in [5.74, 6) is 0.213. The highest BCUT2D eigenvalue weighted by Crippen LogP contribution is 2.41. The summed E-state index contributed by atoms with van der Waals surface area (Å²) in [4.78, 5) is 13.0. The molecule has 24 heavy (non-hydrogen) atoms. The number of carbonyl (C=O) groups is 1. The van der Waals surface area contributed by atoms with E-state index in [9.17, 15) is 9.18 Å². The van der Waals surface area contributed by atoms with Crippen LogP contribution in [0.1, 0.15) is 36.8 Å². The van der Waals surface area contributed by atoms with Crippen molar-refractivity contribution < 1.29 is 13.9 Å². The van der Waals surface area contributed by atoms with Gasteiger partial charge in [0, 0.05) is 19.8 Å². The van der Waals surface area contributed by atoms with Gasteiger partial charge in [-0.3, -0.25) is 9.48 Å². The van der Waals surface area contributed by atoms with Crippen LogP contribution in [-0.4, -0.2) is 22.8 Å². The molecule has 1 N–H and O–H groups in total. The molecule has 1 fully saturated rings. The van der Waals surface area contributed by atoms with E-state index in [2.05, 4.69) is 10.4 Å². The standard InChI is InChI=1S/C18H22FN3O2/c1-22-12-13(16(21-22)24-2)11-20-17(23)18(9-3-4-10-18)14-5-7-15(19)8-6-14/h5-8,12H,3-4,9-11H2,1-2H3,(H,20,23). The van der Waals surface area contributed by atoms with Crippen LogP contribution in [0.2, 0.25) is 0 Å². The third-order valence-electron chi connectivity index (χ3n) is 4.79. The molecule has 128 valence electrons. The molecule has 1 aromatic carbocycles. The lowest BCUT2D eigenvalue weighted by molar-refractivity contribution is -0.126. The van der Waals surface area contributed by atoms with Crippen molar-refractivity contribution in [3.63, 3.8) is 0 Å². The van der Waals surface area contributed by atoms with Gasteiger partial charge < -0.3 is 10.1 Å². The van der Waals surface area contributed by atoms with Gasteiger partial charge in [0.15, 0.2) is 0 Å². The third-order valence-corrected chi connectivity index (χ3v) is 4.79. The fourth-order valence-electron chi connectivity index (χ4n) is 3.55. The zero-order chi connectivity index (χ0) is 17.2. The maximum Gasteiger partial charge on any atom is 0.237 e. The molecular formula is C18H22FN3O2. The number of aromatic nitrogens is 2. The van der Waals surface area contributed by atoms with Gasteiger partial charge in [0.2, 0.25) is 11.8 Å². The normalized spacial score (nSPS) is 16.1. The van der Waals surface area contributed by atoms with Crippen LogP contribution < -0.4 is 10.1 Å². The van der Waals surface area contributed by atoms with E-state index < -0.39 is 5.41 Å². The molecule has 1 aliphatic carbocycles. The smallest absolute Gasteiger partial charge is 0.237 e. The number of hydrogen-bond donors (Lipinski definition) is 1. The fraction of sp³-hybridized carbons (Fsp3) is 0.444. The number of halogens is 1. The van der Waals surface area contributed by atoms with Gasteiger partial charge in [-0.2, -0.15) is 0 Å². The van der Waals surface area contributed by atoms with E-state index in [1.165, 1.54) is 12.1 Å². The van der Waals surface area contributed by atoms with Gasteiger partial charge in [0.05, 0.1) is 18.1 Å². The maximum absolute atomic E-state index is 13.2. The van der Waals surface area contributed by atoms with Crippen molar-refractivity contribution in [3.05, 3.63) is 47.4 Å². The van der Waals surface area contributed by atoms with Gasteiger partial charge in [-0.05, 0) is 30.5 Å². The predicted octanol–water partition coefficient (Wildman–Crippen LogP) is 2.70. The van der Waals surface area contributed by atoms with E-state index >= 15 is 0 Å². The van der Waals surface area contributed by atoms with E-state index in [0.29, 0.717) is 12.4 Å². The molecule has 0 spiro atoms. The number of aryl methyl sites for hydroxylation is 1. The molecular weight excluding hydrogens is 309 g/mol. The van der Waals surface area contributed by atoms with Crippen LogP contribution in [0.5, 0.6) is 5.88 Å². The average molecular weight is 331 g/mol. The molecule has 2 aromatic rings. The lowest BCUT2D eigenvalue weighted by Crippen LogP contribution is -2.42. The molecule has 0 bridgehead atoms. The predicted molar refractivity (Wildman–Crippen MR) is 88.2 cm³/mol. The molecule has 3 rings (SSSR count). The topological polar surface area (TPSA) is 56.1 Å². The van der Waals surface area contributed by atoms with E-state index in [1.54, 1.807) is 23.9 Å². The first-order valence-corrected chi connectivity index (χ1v) is 8.16. The third kappa shape index (κ3) is 3.00. The van der Waals surface area contributed by atoms with Crippen molar-refractivity contribution in [3.8, 4) is 5.88 Å². The second-order valence-corrected chi connectivity index (χ2v) is 6.32. The number of benzene rings is 1. The molecule has 0 aliphatic heterocycles. The molecule has 5 nitrogen and oxygen atoms in total. The molecule has 0 atom stereocenters. The summed E-state index contributed by atoms with van der Waals surface area (Å²) in [5, 5.41) is 7.21. The summed E-state index contributed by atoms with van der Waals surface area (Å²) in [5.41, 5.74) is 1.15. The van der Waals surface area contributed by atoms with Crippen molar-refractivity contribution >= 4 is 5.91 Å². The van der Waals surface area contributed by atoms with Crippen molar-refractivity contribution in [2.45, 2.75) is 37.6 Å². The summed E-state index contributed by atoms with van der Waals surface area (Å²) in [6.07, 6.45) is 5.41. The number of hydrogen-bond acceptors (Lipinski definition) is 3. The Morgan fingerprint density at radius 1 is 1.33 bits per heavy atom. The minimum Gasteiger partial charge on any atom is -0.480 e. The summed E-state index contributed by atoms with van der Waals surface area (Å²) < 4.78 is 20.1. The number of methoxy groups -OCH3 is 1. The Hall–Kier alpha value is -2.37. The van der Waals surface area contributed by atoms with Crippen LogP contribution in [-0.2, 0) is 23.8 Å². The number of carbonyl (C=O) groups excluding carboxylic acids is 1. The van der Waals surface area contributed by atoms with E-state index in [1.807, 2.05) is 13.2 Å². The maximum atomic E-state index is 13.2. The first kappa shape index (κ1) is 16.5. The number of ether oxygens (including phenoxy) is 1. The highest BCUT2D eigenvalue weighted by atomic mass is 19.1. The highest BCUT2D eigenvalue weighted by Gasteiger charge is 2.42. The largest absolute Gasteiger partial charge is 0.480 e. The summed E-state index contributed by atoms with van der Waals surface area (Å²) in [6, 6.07) is 6.30. The minimum absolute atomic E-state index is 0.0162. The van der Waals surface area contributed by atoms with Crippen LogP contribution >= 0.6 is 0 Å². The number of rotatable bonds is 5. The van der Waals surface area contributed by atoms with Crippen LogP contribution in [0.4, 0.5) is 4.39 Å². The summed E-state index contributed by atoms with van der Waals surface area (Å²) in [7, 11) is 3.37. The van der Waals surface area contributed by atoms with Crippen LogP contribution in [0, 0.1) is 5.82 Å². The molecule has 1 amide bonds. The molecule has 0 radical (unpaired) electrons. The van der Waals surface area contributed by atoms with E-state index in [-0.39, 0.29) is 11.7 Å². The number of nitrogens with one attached hydrogen (secondary N) is 1. The lowest BCUT2D eigenvalue weighted by Gasteiger charge is -2.28. The van der Waals surface area contributed by atoms with Crippen molar-refractivity contribution in [1.29, 1.82) is 0 Å². The van der Waals surface area contributed by atoms with Crippen molar-refractivity contribution in [1.82, 2.24) is 15.1 Å². The van der Waals surface area contributed by atoms with Gasteiger partial charge >= 0.3 is 0 Å². The SMILES string of the molecule is COc1nn(C)cc1CNC(=O)C1(c2ccc(F)cc2)CCCC1. The zero-order valence-electron chi connectivity index (χ0n) is 14.0. The highest BCUT2D eigenvalue weighted by molar-refractivity contribution is 5.88. The second kappa shape index (κ2) is 6.63. The van der Waals surface area contributed by atoms with Gasteiger partial charge in [-0.15, -0.1) is 5.10 Å². The molecule has 0 unspecified atom stereocenters. The second-order valence-electron chi connectivity index (χ2n) is 6.32. The average Bonchev–Trinajstić information content (AvgIpc) is 3.20. The molecule has 0 saturated heterocycles. The molecule has 6 heteroatoms. The van der Waals surface area contributed by atoms with E-state index in [0.717, 1.165) is 36.8 Å². The zero-order valence-corrected chi connectivity index (χ0v) is 14.0. The quantitative estimate of drug-likeness (QED) is 0.916. The van der Waals surface area contributed by atoms with Crippen molar-refractivity contribution in [2.24, 2.45) is 7.05 Å². The summed E-state index contributed by atoms with van der Waals surface area (Å²) in [6.45, 7) is 0.360. The van der Waals surface area contributed by atoms with Crippen LogP contribution in [0.3, 0.4) is 0 Å². The summed E-state index contributed by atoms with van der Waals surface area (Å²) >= 11 is 0. The first-order valence-electron chi connectivity index (χ1n) is 8.16. The lowest BCUT2D eigenvalue weighted by atomic mass is 9.78. The Labute approximate surface area is 140 Å². The number of amides is 1. The minimum atomic E-state index is -0.566. The first-order chi connectivity index (χ1) is 11.5. The Morgan fingerprint density at radius 3 is 2.62 bits per heavy atom. The Morgan fingerprint density at radius 2 is 2.00 bits per heavy atom. The van der Waals surface area contributed by atoms with Crippen LogP contribution in [0.15, 0.2) is 30.5 Å².